The van der Waals surface area contributed by atoms with Gasteiger partial charge >= 0.3 is 0 Å². The zero-order chi connectivity index (χ0) is 11.5. The average Bonchev–Trinajstić information content (AvgIpc) is 2.75. The van der Waals surface area contributed by atoms with Crippen LogP contribution in [0.15, 0.2) is 30.5 Å². The van der Waals surface area contributed by atoms with Crippen LogP contribution in [0.1, 0.15) is 16.1 Å². The first-order valence-corrected chi connectivity index (χ1v) is 4.77. The molecule has 0 saturated heterocycles. The molecule has 0 bridgehead atoms. The molecular weight excluding hydrogens is 206 g/mol. The molecule has 3 N–H and O–H groups in total. The summed E-state index contributed by atoms with van der Waals surface area (Å²) in [5.41, 5.74) is 1.86. The first-order chi connectivity index (χ1) is 7.66. The summed E-state index contributed by atoms with van der Waals surface area (Å²) < 4.78 is 0. The number of carbonyl (C=O) groups excluding carboxylic acids is 1. The van der Waals surface area contributed by atoms with Crippen LogP contribution < -0.4 is 5.32 Å². The number of benzene rings is 1. The Balaban J connectivity index is 2.18. The fourth-order valence-corrected chi connectivity index (χ4v) is 1.36. The Bertz CT molecular complexity index is 506. The lowest BCUT2D eigenvalue weighted by molar-refractivity contribution is 0.102. The zero-order valence-electron chi connectivity index (χ0n) is 8.69. The molecule has 0 radical (unpaired) electrons. The molecule has 82 valence electrons. The Morgan fingerprint density at radius 3 is 2.88 bits per heavy atom. The van der Waals surface area contributed by atoms with Crippen LogP contribution in [0.3, 0.4) is 0 Å². The van der Waals surface area contributed by atoms with Crippen molar-refractivity contribution in [2.45, 2.75) is 6.92 Å². The minimum Gasteiger partial charge on any atom is -0.508 e. The third kappa shape index (κ3) is 2.03. The van der Waals surface area contributed by atoms with Gasteiger partial charge in [0.05, 0.1) is 0 Å². The van der Waals surface area contributed by atoms with Crippen LogP contribution in [0.2, 0.25) is 0 Å². The third-order valence-corrected chi connectivity index (χ3v) is 2.20. The van der Waals surface area contributed by atoms with E-state index in [9.17, 15) is 9.90 Å². The van der Waals surface area contributed by atoms with Crippen molar-refractivity contribution in [2.24, 2.45) is 0 Å². The van der Waals surface area contributed by atoms with Gasteiger partial charge in [0.1, 0.15) is 11.4 Å². The van der Waals surface area contributed by atoms with Gasteiger partial charge in [0.2, 0.25) is 0 Å². The molecule has 0 aliphatic carbocycles. The second-order valence-corrected chi connectivity index (χ2v) is 3.42. The molecule has 1 aromatic carbocycles. The number of hydrogen-bond acceptors (Lipinski definition) is 3. The van der Waals surface area contributed by atoms with Crippen molar-refractivity contribution in [3.05, 3.63) is 41.7 Å². The fraction of sp³-hybridized carbons (Fsp3) is 0.0909. The monoisotopic (exact) mass is 217 g/mol. The highest BCUT2D eigenvalue weighted by atomic mass is 16.3. The molecule has 1 amide bonds. The lowest BCUT2D eigenvalue weighted by Gasteiger charge is -2.07. The number of anilines is 1. The van der Waals surface area contributed by atoms with E-state index in [1.54, 1.807) is 18.2 Å². The number of H-pyrrole nitrogens is 1. The molecule has 0 fully saturated rings. The molecule has 5 nitrogen and oxygen atoms in total. The van der Waals surface area contributed by atoms with Crippen LogP contribution in [0.5, 0.6) is 5.75 Å². The molecule has 1 heterocycles. The highest BCUT2D eigenvalue weighted by Gasteiger charge is 2.08. The second-order valence-electron chi connectivity index (χ2n) is 3.42. The fourth-order valence-electron chi connectivity index (χ4n) is 1.36. The van der Waals surface area contributed by atoms with Gasteiger partial charge in [0, 0.05) is 11.9 Å². The Morgan fingerprint density at radius 1 is 1.44 bits per heavy atom. The van der Waals surface area contributed by atoms with Crippen molar-refractivity contribution in [3.63, 3.8) is 0 Å². The van der Waals surface area contributed by atoms with Crippen LogP contribution in [-0.4, -0.2) is 21.2 Å². The SMILES string of the molecule is Cc1cc(O)ccc1NC(=O)c1ccn[nH]1. The molecule has 1 aromatic heterocycles. The number of aryl methyl sites for hydroxylation is 1. The molecule has 0 aliphatic rings. The molecule has 5 heteroatoms. The number of hydrogen-bond donors (Lipinski definition) is 3. The molecule has 0 unspecified atom stereocenters. The quantitative estimate of drug-likeness (QED) is 0.669. The van der Waals surface area contributed by atoms with Crippen molar-refractivity contribution in [3.8, 4) is 5.75 Å². The molecule has 0 aliphatic heterocycles. The summed E-state index contributed by atoms with van der Waals surface area (Å²) in [4.78, 5) is 11.7. The maximum atomic E-state index is 11.7. The van der Waals surface area contributed by atoms with Gasteiger partial charge < -0.3 is 10.4 Å². The van der Waals surface area contributed by atoms with Crippen molar-refractivity contribution in [2.75, 3.05) is 5.32 Å². The van der Waals surface area contributed by atoms with E-state index in [2.05, 4.69) is 15.5 Å². The largest absolute Gasteiger partial charge is 0.508 e. The number of nitrogens with zero attached hydrogens (tertiary/aromatic N) is 1. The summed E-state index contributed by atoms with van der Waals surface area (Å²) in [6.07, 6.45) is 1.51. The number of rotatable bonds is 2. The summed E-state index contributed by atoms with van der Waals surface area (Å²) in [6, 6.07) is 6.35. The Hall–Kier alpha value is -2.30. The molecule has 0 saturated carbocycles. The average molecular weight is 217 g/mol. The van der Waals surface area contributed by atoms with Gasteiger partial charge in [0.15, 0.2) is 0 Å². The van der Waals surface area contributed by atoms with Crippen LogP contribution in [0.25, 0.3) is 0 Å². The topological polar surface area (TPSA) is 78.0 Å². The van der Waals surface area contributed by atoms with Gasteiger partial charge in [-0.2, -0.15) is 5.10 Å². The van der Waals surface area contributed by atoms with E-state index in [-0.39, 0.29) is 11.7 Å². The maximum Gasteiger partial charge on any atom is 0.273 e. The highest BCUT2D eigenvalue weighted by Crippen LogP contribution is 2.20. The van der Waals surface area contributed by atoms with Crippen LogP contribution >= 0.6 is 0 Å². The molecule has 2 aromatic rings. The summed E-state index contributed by atoms with van der Waals surface area (Å²) in [5, 5.41) is 18.2. The van der Waals surface area contributed by atoms with E-state index >= 15 is 0 Å². The molecule has 16 heavy (non-hydrogen) atoms. The van der Waals surface area contributed by atoms with E-state index in [0.29, 0.717) is 11.4 Å². The predicted octanol–water partition coefficient (Wildman–Crippen LogP) is 1.68. The first-order valence-electron chi connectivity index (χ1n) is 4.77. The number of phenolic OH excluding ortho intramolecular Hbond substituents is 1. The van der Waals surface area contributed by atoms with Crippen LogP contribution in [-0.2, 0) is 0 Å². The van der Waals surface area contributed by atoms with Gasteiger partial charge in [-0.25, -0.2) is 0 Å². The number of aromatic hydroxyl groups is 1. The Kier molecular flexibility index (Phi) is 2.59. The minimum absolute atomic E-state index is 0.178. The van der Waals surface area contributed by atoms with Gasteiger partial charge in [-0.15, -0.1) is 0 Å². The van der Waals surface area contributed by atoms with E-state index in [1.165, 1.54) is 12.3 Å². The molecule has 2 rings (SSSR count). The van der Waals surface area contributed by atoms with Crippen LogP contribution in [0, 0.1) is 6.92 Å². The number of nitrogens with one attached hydrogen (secondary N) is 2. The van der Waals surface area contributed by atoms with E-state index < -0.39 is 0 Å². The summed E-state index contributed by atoms with van der Waals surface area (Å²) in [6.45, 7) is 1.81. The minimum atomic E-state index is -0.258. The second kappa shape index (κ2) is 4.06. The molecule has 0 spiro atoms. The van der Waals surface area contributed by atoms with Crippen molar-refractivity contribution in [1.82, 2.24) is 10.2 Å². The Morgan fingerprint density at radius 2 is 2.25 bits per heavy atom. The summed E-state index contributed by atoms with van der Waals surface area (Å²) in [7, 11) is 0. The normalized spacial score (nSPS) is 10.1. The smallest absolute Gasteiger partial charge is 0.273 e. The maximum absolute atomic E-state index is 11.7. The first kappa shape index (κ1) is 10.2. The van der Waals surface area contributed by atoms with E-state index in [4.69, 9.17) is 0 Å². The number of amides is 1. The van der Waals surface area contributed by atoms with Gasteiger partial charge in [-0.3, -0.25) is 9.89 Å². The molecule has 0 atom stereocenters. The number of phenols is 1. The Labute approximate surface area is 92.1 Å². The van der Waals surface area contributed by atoms with Gasteiger partial charge in [-0.1, -0.05) is 0 Å². The summed E-state index contributed by atoms with van der Waals surface area (Å²) >= 11 is 0. The van der Waals surface area contributed by atoms with Gasteiger partial charge in [-0.05, 0) is 36.8 Å². The van der Waals surface area contributed by atoms with Gasteiger partial charge in [0.25, 0.3) is 5.91 Å². The predicted molar refractivity (Wildman–Crippen MR) is 59.4 cm³/mol. The lowest BCUT2D eigenvalue weighted by Crippen LogP contribution is -2.13. The van der Waals surface area contributed by atoms with Crippen molar-refractivity contribution >= 4 is 11.6 Å². The molecular formula is C11H11N3O2. The van der Waals surface area contributed by atoms with Crippen molar-refractivity contribution in [1.29, 1.82) is 0 Å². The number of carbonyl (C=O) groups is 1. The van der Waals surface area contributed by atoms with E-state index in [0.717, 1.165) is 5.56 Å². The zero-order valence-corrected chi connectivity index (χ0v) is 8.69. The highest BCUT2D eigenvalue weighted by molar-refractivity contribution is 6.03. The van der Waals surface area contributed by atoms with Crippen LogP contribution in [0.4, 0.5) is 5.69 Å². The van der Waals surface area contributed by atoms with Crippen molar-refractivity contribution < 1.29 is 9.90 Å². The third-order valence-electron chi connectivity index (χ3n) is 2.20. The number of aromatic nitrogens is 2. The lowest BCUT2D eigenvalue weighted by atomic mass is 10.2. The standard InChI is InChI=1S/C11H11N3O2/c1-7-6-8(15)2-3-9(7)13-11(16)10-4-5-12-14-10/h2-6,15H,1H3,(H,12,14)(H,13,16). The van der Waals surface area contributed by atoms with E-state index in [1.807, 2.05) is 6.92 Å². The summed E-state index contributed by atoms with van der Waals surface area (Å²) in [5.74, 6) is -0.0803. The number of aromatic amines is 1.